The molecule has 3 N–H and O–H groups in total. The number of H-pyrrole nitrogens is 1. The number of para-hydroxylation sites is 2. The maximum absolute atomic E-state index is 13.2. The summed E-state index contributed by atoms with van der Waals surface area (Å²) in [6, 6.07) is 12.3. The van der Waals surface area contributed by atoms with Gasteiger partial charge in [-0.25, -0.2) is 14.8 Å². The fraction of sp³-hybridized carbons (Fsp3) is 0.150. The minimum atomic E-state index is -4.75. The Kier molecular flexibility index (Phi) is 4.57. The van der Waals surface area contributed by atoms with Crippen LogP contribution in [-0.4, -0.2) is 32.1 Å². The molecule has 0 saturated heterocycles. The molecule has 0 spiro atoms. The summed E-state index contributed by atoms with van der Waals surface area (Å²) in [5, 5.41) is 13.5. The maximum Gasteiger partial charge on any atom is 0.451 e. The third kappa shape index (κ3) is 3.71. The zero-order valence-corrected chi connectivity index (χ0v) is 14.9. The second kappa shape index (κ2) is 7.08. The summed E-state index contributed by atoms with van der Waals surface area (Å²) in [6.07, 6.45) is -3.00. The number of halogens is 3. The zero-order valence-electron chi connectivity index (χ0n) is 14.9. The van der Waals surface area contributed by atoms with Crippen LogP contribution < -0.4 is 5.32 Å². The molecule has 1 unspecified atom stereocenters. The first-order valence-electron chi connectivity index (χ1n) is 8.71. The molecule has 0 fully saturated rings. The Morgan fingerprint density at radius 2 is 1.76 bits per heavy atom. The number of nitrogens with one attached hydrogen (secondary N) is 2. The number of carboxylic acid groups (broad SMARTS) is 1. The number of carboxylic acids is 1. The first-order valence-corrected chi connectivity index (χ1v) is 8.71. The number of benzene rings is 2. The highest BCUT2D eigenvalue weighted by Gasteiger charge is 2.36. The predicted octanol–water partition coefficient (Wildman–Crippen LogP) is 4.24. The van der Waals surface area contributed by atoms with Gasteiger partial charge in [0.05, 0.1) is 5.52 Å². The average molecular weight is 400 g/mol. The smallest absolute Gasteiger partial charge is 0.451 e. The van der Waals surface area contributed by atoms with Crippen molar-refractivity contribution >= 4 is 33.6 Å². The number of aromatic amines is 1. The summed E-state index contributed by atoms with van der Waals surface area (Å²) < 4.78 is 39.6. The standard InChI is InChI=1S/C20H15F3N4O2/c21-20(22,23)19-26-15-8-4-2-6-13(15)17(27-19)25-16(18(28)29)9-11-10-24-14-7-3-1-5-12(11)14/h1-8,10,16,24H,9H2,(H,28,29)(H,25,26,27). The summed E-state index contributed by atoms with van der Waals surface area (Å²) in [6.45, 7) is 0. The molecule has 0 saturated carbocycles. The molecule has 2 aromatic heterocycles. The number of aliphatic carboxylic acids is 1. The molecular weight excluding hydrogens is 385 g/mol. The van der Waals surface area contributed by atoms with Gasteiger partial charge in [-0.15, -0.1) is 0 Å². The molecule has 0 radical (unpaired) electrons. The van der Waals surface area contributed by atoms with Crippen LogP contribution in [0.2, 0.25) is 0 Å². The lowest BCUT2D eigenvalue weighted by molar-refractivity contribution is -0.144. The van der Waals surface area contributed by atoms with E-state index in [2.05, 4.69) is 20.3 Å². The molecule has 0 aliphatic carbocycles. The van der Waals surface area contributed by atoms with Gasteiger partial charge in [-0.3, -0.25) is 0 Å². The van der Waals surface area contributed by atoms with Crippen LogP contribution in [0.1, 0.15) is 11.4 Å². The Morgan fingerprint density at radius 1 is 1.07 bits per heavy atom. The molecule has 0 aliphatic heterocycles. The number of aromatic nitrogens is 3. The van der Waals surface area contributed by atoms with Gasteiger partial charge in [0.1, 0.15) is 11.9 Å². The van der Waals surface area contributed by atoms with Gasteiger partial charge in [-0.05, 0) is 23.8 Å². The van der Waals surface area contributed by atoms with E-state index >= 15 is 0 Å². The van der Waals surface area contributed by atoms with Gasteiger partial charge in [-0.1, -0.05) is 30.3 Å². The monoisotopic (exact) mass is 400 g/mol. The first kappa shape index (κ1) is 18.7. The SMILES string of the molecule is O=C(O)C(Cc1c[nH]c2ccccc12)Nc1nc(C(F)(F)F)nc2ccccc12. The summed E-state index contributed by atoms with van der Waals surface area (Å²) in [5.41, 5.74) is 1.65. The average Bonchev–Trinajstić information content (AvgIpc) is 3.09. The number of rotatable bonds is 5. The number of hydrogen-bond donors (Lipinski definition) is 3. The highest BCUT2D eigenvalue weighted by molar-refractivity contribution is 5.91. The van der Waals surface area contributed by atoms with Crippen molar-refractivity contribution < 1.29 is 23.1 Å². The van der Waals surface area contributed by atoms with E-state index in [1.165, 1.54) is 6.07 Å². The first-order chi connectivity index (χ1) is 13.8. The molecule has 0 aliphatic rings. The lowest BCUT2D eigenvalue weighted by atomic mass is 10.0. The van der Waals surface area contributed by atoms with Crippen LogP contribution in [0.3, 0.4) is 0 Å². The Balaban J connectivity index is 1.73. The number of nitrogens with zero attached hydrogens (tertiary/aromatic N) is 2. The number of anilines is 1. The van der Waals surface area contributed by atoms with E-state index in [0.29, 0.717) is 5.39 Å². The number of carbonyl (C=O) groups is 1. The lowest BCUT2D eigenvalue weighted by Crippen LogP contribution is -2.32. The highest BCUT2D eigenvalue weighted by Crippen LogP contribution is 2.31. The number of alkyl halides is 3. The Hall–Kier alpha value is -3.62. The maximum atomic E-state index is 13.2. The Labute approximate surface area is 162 Å². The summed E-state index contributed by atoms with van der Waals surface area (Å²) in [5.74, 6) is -2.70. The largest absolute Gasteiger partial charge is 0.480 e. The van der Waals surface area contributed by atoms with Crippen molar-refractivity contribution in [1.29, 1.82) is 0 Å². The summed E-state index contributed by atoms with van der Waals surface area (Å²) in [7, 11) is 0. The molecule has 2 aromatic carbocycles. The molecule has 0 bridgehead atoms. The van der Waals surface area contributed by atoms with Gasteiger partial charge in [0.25, 0.3) is 0 Å². The Bertz CT molecular complexity index is 1200. The molecule has 9 heteroatoms. The van der Waals surface area contributed by atoms with Crippen LogP contribution in [0.15, 0.2) is 54.7 Å². The van der Waals surface area contributed by atoms with Crippen LogP contribution in [-0.2, 0) is 17.4 Å². The van der Waals surface area contributed by atoms with Crippen molar-refractivity contribution in [2.24, 2.45) is 0 Å². The number of fused-ring (bicyclic) bond motifs is 2. The van der Waals surface area contributed by atoms with Crippen LogP contribution in [0.4, 0.5) is 19.0 Å². The third-order valence-electron chi connectivity index (χ3n) is 4.56. The van der Waals surface area contributed by atoms with E-state index in [1.54, 1.807) is 24.4 Å². The van der Waals surface area contributed by atoms with E-state index in [4.69, 9.17) is 0 Å². The molecular formula is C20H15F3N4O2. The van der Waals surface area contributed by atoms with E-state index in [-0.39, 0.29) is 17.8 Å². The molecule has 4 rings (SSSR count). The van der Waals surface area contributed by atoms with E-state index in [9.17, 15) is 23.1 Å². The quantitative estimate of drug-likeness (QED) is 0.466. The molecule has 1 atom stereocenters. The van der Waals surface area contributed by atoms with Crippen molar-refractivity contribution in [3.05, 3.63) is 66.1 Å². The van der Waals surface area contributed by atoms with Crippen molar-refractivity contribution in [2.45, 2.75) is 18.6 Å². The van der Waals surface area contributed by atoms with Crippen LogP contribution >= 0.6 is 0 Å². The van der Waals surface area contributed by atoms with E-state index < -0.39 is 24.0 Å². The van der Waals surface area contributed by atoms with Gasteiger partial charge in [0.15, 0.2) is 0 Å². The topological polar surface area (TPSA) is 90.9 Å². The normalized spacial score (nSPS) is 12.9. The Morgan fingerprint density at radius 3 is 2.48 bits per heavy atom. The van der Waals surface area contributed by atoms with Crippen molar-refractivity contribution in [3.63, 3.8) is 0 Å². The minimum Gasteiger partial charge on any atom is -0.480 e. The van der Waals surface area contributed by atoms with E-state index in [0.717, 1.165) is 16.5 Å². The molecule has 6 nitrogen and oxygen atoms in total. The minimum absolute atomic E-state index is 0.0546. The van der Waals surface area contributed by atoms with Gasteiger partial charge in [0.2, 0.25) is 5.82 Å². The zero-order chi connectivity index (χ0) is 20.6. The highest BCUT2D eigenvalue weighted by atomic mass is 19.4. The molecule has 148 valence electrons. The van der Waals surface area contributed by atoms with Crippen LogP contribution in [0, 0.1) is 0 Å². The predicted molar refractivity (Wildman–Crippen MR) is 102 cm³/mol. The molecule has 0 amide bonds. The third-order valence-corrected chi connectivity index (χ3v) is 4.56. The van der Waals surface area contributed by atoms with Gasteiger partial charge < -0.3 is 15.4 Å². The fourth-order valence-corrected chi connectivity index (χ4v) is 3.20. The molecule has 29 heavy (non-hydrogen) atoms. The van der Waals surface area contributed by atoms with Crippen LogP contribution in [0.5, 0.6) is 0 Å². The molecule has 4 aromatic rings. The second-order valence-electron chi connectivity index (χ2n) is 6.51. The summed E-state index contributed by atoms with van der Waals surface area (Å²) >= 11 is 0. The van der Waals surface area contributed by atoms with Crippen molar-refractivity contribution in [2.75, 3.05) is 5.32 Å². The van der Waals surface area contributed by atoms with Gasteiger partial charge >= 0.3 is 12.1 Å². The van der Waals surface area contributed by atoms with Crippen molar-refractivity contribution in [1.82, 2.24) is 15.0 Å². The van der Waals surface area contributed by atoms with Crippen molar-refractivity contribution in [3.8, 4) is 0 Å². The lowest BCUT2D eigenvalue weighted by Gasteiger charge is -2.17. The molecule has 2 heterocycles. The van der Waals surface area contributed by atoms with Gasteiger partial charge in [-0.2, -0.15) is 13.2 Å². The van der Waals surface area contributed by atoms with Crippen LogP contribution in [0.25, 0.3) is 21.8 Å². The summed E-state index contributed by atoms with van der Waals surface area (Å²) in [4.78, 5) is 22.0. The number of hydrogen-bond acceptors (Lipinski definition) is 4. The van der Waals surface area contributed by atoms with E-state index in [1.807, 2.05) is 24.3 Å². The second-order valence-corrected chi connectivity index (χ2v) is 6.51. The fourth-order valence-electron chi connectivity index (χ4n) is 3.20. The van der Waals surface area contributed by atoms with Gasteiger partial charge in [0, 0.05) is 28.9 Å².